The van der Waals surface area contributed by atoms with E-state index in [2.05, 4.69) is 5.32 Å². The van der Waals surface area contributed by atoms with Crippen molar-refractivity contribution in [2.24, 2.45) is 0 Å². The molecule has 7 heteroatoms. The van der Waals surface area contributed by atoms with Crippen LogP contribution in [0.1, 0.15) is 18.9 Å². The Morgan fingerprint density at radius 1 is 1.30 bits per heavy atom. The molecule has 3 nitrogen and oxygen atoms in total. The zero-order valence-corrected chi connectivity index (χ0v) is 12.1. The lowest BCUT2D eigenvalue weighted by Crippen LogP contribution is -2.16. The lowest BCUT2D eigenvalue weighted by Gasteiger charge is -2.16. The van der Waals surface area contributed by atoms with Gasteiger partial charge in [-0.25, -0.2) is 0 Å². The van der Waals surface area contributed by atoms with Crippen molar-refractivity contribution in [3.8, 4) is 11.5 Å². The number of methoxy groups -OCH3 is 1. The summed E-state index contributed by atoms with van der Waals surface area (Å²) in [6.07, 6.45) is -5.26. The standard InChI is InChI=1S/C13H17ClF3NO2/c1-3-18-8-9-6-10(14)7-11(19-2)12(9)20-5-4-13(15,16)17/h6-7,18H,3-5,8H2,1-2H3. The normalized spacial score (nSPS) is 11.5. The van der Waals surface area contributed by atoms with Crippen LogP contribution in [0.25, 0.3) is 0 Å². The van der Waals surface area contributed by atoms with Gasteiger partial charge in [-0.1, -0.05) is 18.5 Å². The minimum atomic E-state index is -4.25. The number of rotatable bonds is 7. The molecule has 0 aliphatic carbocycles. The molecule has 0 radical (unpaired) electrons. The fourth-order valence-corrected chi connectivity index (χ4v) is 1.83. The highest BCUT2D eigenvalue weighted by Gasteiger charge is 2.27. The molecular weight excluding hydrogens is 295 g/mol. The van der Waals surface area contributed by atoms with Crippen LogP contribution in [-0.4, -0.2) is 26.4 Å². The second-order valence-corrected chi connectivity index (χ2v) is 4.53. The van der Waals surface area contributed by atoms with Gasteiger partial charge >= 0.3 is 6.18 Å². The molecule has 1 aromatic carbocycles. The van der Waals surface area contributed by atoms with Crippen LogP contribution < -0.4 is 14.8 Å². The van der Waals surface area contributed by atoms with E-state index in [1.165, 1.54) is 13.2 Å². The lowest BCUT2D eigenvalue weighted by atomic mass is 10.2. The van der Waals surface area contributed by atoms with Crippen LogP contribution in [-0.2, 0) is 6.54 Å². The molecule has 0 aliphatic heterocycles. The molecule has 0 heterocycles. The van der Waals surface area contributed by atoms with E-state index in [0.29, 0.717) is 28.6 Å². The number of ether oxygens (including phenoxy) is 2. The van der Waals surface area contributed by atoms with Crippen molar-refractivity contribution in [1.82, 2.24) is 5.32 Å². The van der Waals surface area contributed by atoms with Gasteiger partial charge in [0.2, 0.25) is 0 Å². The molecule has 0 atom stereocenters. The summed E-state index contributed by atoms with van der Waals surface area (Å²) in [5, 5.41) is 3.52. The van der Waals surface area contributed by atoms with Gasteiger partial charge < -0.3 is 14.8 Å². The summed E-state index contributed by atoms with van der Waals surface area (Å²) >= 11 is 5.94. The third-order valence-electron chi connectivity index (χ3n) is 2.51. The minimum absolute atomic E-state index is 0.294. The number of halogens is 4. The van der Waals surface area contributed by atoms with Crippen molar-refractivity contribution in [3.05, 3.63) is 22.7 Å². The minimum Gasteiger partial charge on any atom is -0.493 e. The molecule has 0 saturated carbocycles. The first-order valence-electron chi connectivity index (χ1n) is 6.14. The van der Waals surface area contributed by atoms with E-state index in [1.54, 1.807) is 6.07 Å². The maximum absolute atomic E-state index is 12.2. The van der Waals surface area contributed by atoms with Crippen LogP contribution in [0.3, 0.4) is 0 Å². The molecule has 1 aromatic rings. The van der Waals surface area contributed by atoms with Crippen LogP contribution in [0.4, 0.5) is 13.2 Å². The summed E-state index contributed by atoms with van der Waals surface area (Å²) in [5.74, 6) is 0.620. The summed E-state index contributed by atoms with van der Waals surface area (Å²) in [5.41, 5.74) is 0.665. The first kappa shape index (κ1) is 16.9. The van der Waals surface area contributed by atoms with Crippen LogP contribution in [0.2, 0.25) is 5.02 Å². The van der Waals surface area contributed by atoms with E-state index in [9.17, 15) is 13.2 Å². The van der Waals surface area contributed by atoms with Crippen LogP contribution in [0.5, 0.6) is 11.5 Å². The highest BCUT2D eigenvalue weighted by molar-refractivity contribution is 6.30. The van der Waals surface area contributed by atoms with Crippen LogP contribution >= 0.6 is 11.6 Å². The summed E-state index contributed by atoms with van der Waals surface area (Å²) in [7, 11) is 1.42. The maximum Gasteiger partial charge on any atom is 0.392 e. The van der Waals surface area contributed by atoms with Gasteiger partial charge in [0.25, 0.3) is 0 Å². The molecule has 0 amide bonds. The van der Waals surface area contributed by atoms with Gasteiger partial charge in [-0.3, -0.25) is 0 Å². The average Bonchev–Trinajstić information content (AvgIpc) is 2.36. The van der Waals surface area contributed by atoms with E-state index < -0.39 is 19.2 Å². The number of alkyl halides is 3. The molecular formula is C13H17ClF3NO2. The molecule has 0 saturated heterocycles. The van der Waals surface area contributed by atoms with Crippen molar-refractivity contribution in [2.45, 2.75) is 26.1 Å². The van der Waals surface area contributed by atoms with Crippen molar-refractivity contribution in [1.29, 1.82) is 0 Å². The van der Waals surface area contributed by atoms with Gasteiger partial charge in [-0.2, -0.15) is 13.2 Å². The number of hydrogen-bond donors (Lipinski definition) is 1. The van der Waals surface area contributed by atoms with Crippen molar-refractivity contribution >= 4 is 11.6 Å². The number of benzene rings is 1. The third kappa shape index (κ3) is 5.46. The largest absolute Gasteiger partial charge is 0.493 e. The van der Waals surface area contributed by atoms with Crippen molar-refractivity contribution in [3.63, 3.8) is 0 Å². The second kappa shape index (κ2) is 7.59. The maximum atomic E-state index is 12.2. The Balaban J connectivity index is 2.89. The molecule has 0 unspecified atom stereocenters. The Hall–Kier alpha value is -1.14. The summed E-state index contributed by atoms with van der Waals surface area (Å²) < 4.78 is 46.8. The number of hydrogen-bond acceptors (Lipinski definition) is 3. The van der Waals surface area contributed by atoms with E-state index in [1.807, 2.05) is 6.92 Å². The molecule has 0 bridgehead atoms. The van der Waals surface area contributed by atoms with Gasteiger partial charge in [0.05, 0.1) is 20.1 Å². The predicted molar refractivity (Wildman–Crippen MR) is 71.6 cm³/mol. The predicted octanol–water partition coefficient (Wildman–Crippen LogP) is 3.79. The Labute approximate surface area is 121 Å². The molecule has 1 rings (SSSR count). The van der Waals surface area contributed by atoms with Gasteiger partial charge in [0.15, 0.2) is 11.5 Å². The zero-order valence-electron chi connectivity index (χ0n) is 11.3. The van der Waals surface area contributed by atoms with Gasteiger partial charge in [-0.05, 0) is 12.6 Å². The SMILES string of the molecule is CCNCc1cc(Cl)cc(OC)c1OCCC(F)(F)F. The molecule has 0 aliphatic rings. The fraction of sp³-hybridized carbons (Fsp3) is 0.538. The van der Waals surface area contributed by atoms with E-state index in [-0.39, 0.29) is 0 Å². The first-order valence-corrected chi connectivity index (χ1v) is 6.52. The Morgan fingerprint density at radius 3 is 2.55 bits per heavy atom. The van der Waals surface area contributed by atoms with E-state index in [4.69, 9.17) is 21.1 Å². The molecule has 20 heavy (non-hydrogen) atoms. The molecule has 114 valence electrons. The first-order chi connectivity index (χ1) is 9.37. The molecule has 1 N–H and O–H groups in total. The summed E-state index contributed by atoms with van der Waals surface area (Å²) in [6.45, 7) is 2.62. The number of nitrogens with one attached hydrogen (secondary N) is 1. The highest BCUT2D eigenvalue weighted by atomic mass is 35.5. The fourth-order valence-electron chi connectivity index (χ4n) is 1.60. The third-order valence-corrected chi connectivity index (χ3v) is 2.73. The topological polar surface area (TPSA) is 30.5 Å². The Bertz CT molecular complexity index is 438. The van der Waals surface area contributed by atoms with Gasteiger partial charge in [0.1, 0.15) is 0 Å². The summed E-state index contributed by atoms with van der Waals surface area (Å²) in [6, 6.07) is 3.16. The van der Waals surface area contributed by atoms with Crippen LogP contribution in [0.15, 0.2) is 12.1 Å². The van der Waals surface area contributed by atoms with Crippen molar-refractivity contribution < 1.29 is 22.6 Å². The smallest absolute Gasteiger partial charge is 0.392 e. The zero-order chi connectivity index (χ0) is 15.2. The average molecular weight is 312 g/mol. The monoisotopic (exact) mass is 311 g/mol. The lowest BCUT2D eigenvalue weighted by molar-refractivity contribution is -0.139. The van der Waals surface area contributed by atoms with Crippen molar-refractivity contribution in [2.75, 3.05) is 20.3 Å². The Kier molecular flexibility index (Phi) is 6.42. The van der Waals surface area contributed by atoms with Gasteiger partial charge in [-0.15, -0.1) is 0 Å². The summed E-state index contributed by atoms with van der Waals surface area (Å²) in [4.78, 5) is 0. The Morgan fingerprint density at radius 2 is 2.00 bits per heavy atom. The molecule has 0 spiro atoms. The second-order valence-electron chi connectivity index (χ2n) is 4.09. The quantitative estimate of drug-likeness (QED) is 0.831. The van der Waals surface area contributed by atoms with Crippen LogP contribution in [0, 0.1) is 0 Å². The van der Waals surface area contributed by atoms with Gasteiger partial charge in [0, 0.05) is 23.2 Å². The molecule has 0 aromatic heterocycles. The van der Waals surface area contributed by atoms with E-state index >= 15 is 0 Å². The molecule has 0 fully saturated rings. The highest BCUT2D eigenvalue weighted by Crippen LogP contribution is 2.35. The van der Waals surface area contributed by atoms with E-state index in [0.717, 1.165) is 6.54 Å².